The molecule has 1 saturated carbocycles. The predicted octanol–water partition coefficient (Wildman–Crippen LogP) is 2.52. The molecule has 1 aromatic carbocycles. The Morgan fingerprint density at radius 1 is 1.24 bits per heavy atom. The monoisotopic (exact) mass is 284 g/mol. The van der Waals surface area contributed by atoms with E-state index in [9.17, 15) is 4.79 Å². The molecule has 0 unspecified atom stereocenters. The zero-order valence-corrected chi connectivity index (χ0v) is 12.0. The average molecular weight is 284 g/mol. The summed E-state index contributed by atoms with van der Waals surface area (Å²) in [4.78, 5) is 16.6. The molecule has 1 fully saturated rings. The maximum Gasteiger partial charge on any atom is 0.251 e. The Kier molecular flexibility index (Phi) is 4.15. The van der Waals surface area contributed by atoms with Gasteiger partial charge in [-0.05, 0) is 55.9 Å². The summed E-state index contributed by atoms with van der Waals surface area (Å²) in [6, 6.07) is 9.66. The number of rotatable bonds is 3. The fourth-order valence-corrected chi connectivity index (χ4v) is 2.97. The number of fused-ring (bicyclic) bond motifs is 1. The summed E-state index contributed by atoms with van der Waals surface area (Å²) in [5.74, 6) is 0.387. The van der Waals surface area contributed by atoms with Gasteiger partial charge >= 0.3 is 0 Å². The minimum absolute atomic E-state index is 0.0202. The number of nitrogens with one attached hydrogen (secondary N) is 1. The minimum Gasteiger partial charge on any atom is -0.396 e. The van der Waals surface area contributed by atoms with Crippen molar-refractivity contribution in [3.63, 3.8) is 0 Å². The molecule has 1 aliphatic rings. The molecule has 1 aliphatic carbocycles. The number of aliphatic hydroxyl groups excluding tert-OH is 1. The molecule has 21 heavy (non-hydrogen) atoms. The van der Waals surface area contributed by atoms with Crippen LogP contribution in [0.3, 0.4) is 0 Å². The largest absolute Gasteiger partial charge is 0.396 e. The highest BCUT2D eigenvalue weighted by atomic mass is 16.3. The van der Waals surface area contributed by atoms with Crippen LogP contribution in [-0.4, -0.2) is 28.6 Å². The number of benzene rings is 1. The van der Waals surface area contributed by atoms with Crippen molar-refractivity contribution in [2.45, 2.75) is 31.7 Å². The van der Waals surface area contributed by atoms with Crippen LogP contribution in [0.25, 0.3) is 10.9 Å². The molecule has 2 N–H and O–H groups in total. The highest BCUT2D eigenvalue weighted by molar-refractivity contribution is 5.98. The molecular formula is C17H20N2O2. The van der Waals surface area contributed by atoms with Crippen LogP contribution in [0.5, 0.6) is 0 Å². The Balaban J connectivity index is 1.67. The second-order valence-corrected chi connectivity index (χ2v) is 5.78. The first-order chi connectivity index (χ1) is 10.3. The van der Waals surface area contributed by atoms with E-state index in [1.165, 1.54) is 0 Å². The Hall–Kier alpha value is -1.94. The van der Waals surface area contributed by atoms with Gasteiger partial charge in [0.2, 0.25) is 0 Å². The summed E-state index contributed by atoms with van der Waals surface area (Å²) in [6.45, 7) is 0.262. The van der Waals surface area contributed by atoms with E-state index in [1.54, 1.807) is 6.20 Å². The molecular weight excluding hydrogens is 264 g/mol. The molecule has 4 heteroatoms. The van der Waals surface area contributed by atoms with Crippen LogP contribution < -0.4 is 5.32 Å². The highest BCUT2D eigenvalue weighted by Gasteiger charge is 2.22. The minimum atomic E-state index is -0.0202. The first kappa shape index (κ1) is 14.0. The summed E-state index contributed by atoms with van der Waals surface area (Å²) in [6.07, 6.45) is 5.63. The van der Waals surface area contributed by atoms with Crippen molar-refractivity contribution in [1.82, 2.24) is 10.3 Å². The molecule has 110 valence electrons. The lowest BCUT2D eigenvalue weighted by Gasteiger charge is -2.28. The van der Waals surface area contributed by atoms with Gasteiger partial charge in [-0.25, -0.2) is 0 Å². The van der Waals surface area contributed by atoms with Gasteiger partial charge in [-0.3, -0.25) is 9.78 Å². The summed E-state index contributed by atoms with van der Waals surface area (Å²) in [5, 5.41) is 13.2. The SMILES string of the molecule is O=C(NC1CCC(CO)CC1)c1ccc2ncccc2c1. The number of pyridine rings is 1. The van der Waals surface area contributed by atoms with Gasteiger partial charge in [0.1, 0.15) is 0 Å². The van der Waals surface area contributed by atoms with Gasteiger partial charge in [0, 0.05) is 29.8 Å². The maximum absolute atomic E-state index is 12.3. The van der Waals surface area contributed by atoms with Crippen molar-refractivity contribution in [3.05, 3.63) is 42.1 Å². The van der Waals surface area contributed by atoms with E-state index in [0.717, 1.165) is 36.6 Å². The lowest BCUT2D eigenvalue weighted by atomic mass is 9.86. The van der Waals surface area contributed by atoms with Crippen LogP contribution in [-0.2, 0) is 0 Å². The number of carbonyl (C=O) groups is 1. The Morgan fingerprint density at radius 3 is 2.81 bits per heavy atom. The zero-order valence-electron chi connectivity index (χ0n) is 12.0. The van der Waals surface area contributed by atoms with Crippen LogP contribution in [0.15, 0.2) is 36.5 Å². The molecule has 0 saturated heterocycles. The molecule has 0 bridgehead atoms. The Bertz CT molecular complexity index is 633. The van der Waals surface area contributed by atoms with Crippen molar-refractivity contribution >= 4 is 16.8 Å². The van der Waals surface area contributed by atoms with Crippen LogP contribution in [0.4, 0.5) is 0 Å². The predicted molar refractivity (Wildman–Crippen MR) is 82.0 cm³/mol. The average Bonchev–Trinajstić information content (AvgIpc) is 2.55. The van der Waals surface area contributed by atoms with E-state index in [-0.39, 0.29) is 18.6 Å². The van der Waals surface area contributed by atoms with E-state index in [1.807, 2.05) is 30.3 Å². The standard InChI is InChI=1S/C17H20N2O2/c20-11-12-3-6-15(7-4-12)19-17(21)14-5-8-16-13(10-14)2-1-9-18-16/h1-2,5,8-10,12,15,20H,3-4,6-7,11H2,(H,19,21). The molecule has 4 nitrogen and oxygen atoms in total. The lowest BCUT2D eigenvalue weighted by Crippen LogP contribution is -2.38. The summed E-state index contributed by atoms with van der Waals surface area (Å²) in [7, 11) is 0. The smallest absolute Gasteiger partial charge is 0.251 e. The number of nitrogens with zero attached hydrogens (tertiary/aromatic N) is 1. The Labute approximate surface area is 124 Å². The molecule has 1 amide bonds. The molecule has 0 atom stereocenters. The summed E-state index contributed by atoms with van der Waals surface area (Å²) < 4.78 is 0. The van der Waals surface area contributed by atoms with Gasteiger partial charge in [-0.1, -0.05) is 6.07 Å². The van der Waals surface area contributed by atoms with Crippen molar-refractivity contribution in [3.8, 4) is 0 Å². The van der Waals surface area contributed by atoms with Crippen LogP contribution in [0, 0.1) is 5.92 Å². The molecule has 0 radical (unpaired) electrons. The highest BCUT2D eigenvalue weighted by Crippen LogP contribution is 2.24. The normalized spacial score (nSPS) is 22.1. The van der Waals surface area contributed by atoms with Crippen LogP contribution >= 0.6 is 0 Å². The first-order valence-corrected chi connectivity index (χ1v) is 7.53. The van der Waals surface area contributed by atoms with Crippen LogP contribution in [0.2, 0.25) is 0 Å². The number of amides is 1. The molecule has 3 rings (SSSR count). The van der Waals surface area contributed by atoms with Crippen molar-refractivity contribution in [1.29, 1.82) is 0 Å². The summed E-state index contributed by atoms with van der Waals surface area (Å²) >= 11 is 0. The van der Waals surface area contributed by atoms with Gasteiger partial charge in [-0.2, -0.15) is 0 Å². The molecule has 0 aliphatic heterocycles. The van der Waals surface area contributed by atoms with E-state index in [0.29, 0.717) is 11.5 Å². The van der Waals surface area contributed by atoms with Crippen molar-refractivity contribution in [2.75, 3.05) is 6.61 Å². The fraction of sp³-hybridized carbons (Fsp3) is 0.412. The van der Waals surface area contributed by atoms with E-state index in [4.69, 9.17) is 5.11 Å². The fourth-order valence-electron chi connectivity index (χ4n) is 2.97. The third-order valence-corrected chi connectivity index (χ3v) is 4.31. The first-order valence-electron chi connectivity index (χ1n) is 7.53. The number of aromatic nitrogens is 1. The second-order valence-electron chi connectivity index (χ2n) is 5.78. The number of hydrogen-bond donors (Lipinski definition) is 2. The summed E-state index contributed by atoms with van der Waals surface area (Å²) in [5.41, 5.74) is 1.58. The lowest BCUT2D eigenvalue weighted by molar-refractivity contribution is 0.0914. The number of carbonyl (C=O) groups excluding carboxylic acids is 1. The van der Waals surface area contributed by atoms with Gasteiger partial charge in [0.05, 0.1) is 5.52 Å². The molecule has 0 spiro atoms. The van der Waals surface area contributed by atoms with Crippen molar-refractivity contribution < 1.29 is 9.90 Å². The number of aliphatic hydroxyl groups is 1. The molecule has 2 aromatic rings. The third-order valence-electron chi connectivity index (χ3n) is 4.31. The van der Waals surface area contributed by atoms with Crippen molar-refractivity contribution in [2.24, 2.45) is 5.92 Å². The molecule has 1 aromatic heterocycles. The maximum atomic E-state index is 12.3. The molecule has 1 heterocycles. The number of hydrogen-bond acceptors (Lipinski definition) is 3. The van der Waals surface area contributed by atoms with E-state index < -0.39 is 0 Å². The van der Waals surface area contributed by atoms with E-state index in [2.05, 4.69) is 10.3 Å². The van der Waals surface area contributed by atoms with Gasteiger partial charge in [0.25, 0.3) is 5.91 Å². The topological polar surface area (TPSA) is 62.2 Å². The quantitative estimate of drug-likeness (QED) is 0.910. The Morgan fingerprint density at radius 2 is 2.05 bits per heavy atom. The third kappa shape index (κ3) is 3.22. The van der Waals surface area contributed by atoms with Gasteiger partial charge in [-0.15, -0.1) is 0 Å². The van der Waals surface area contributed by atoms with Gasteiger partial charge in [0.15, 0.2) is 0 Å². The second kappa shape index (κ2) is 6.22. The van der Waals surface area contributed by atoms with Crippen LogP contribution in [0.1, 0.15) is 36.0 Å². The van der Waals surface area contributed by atoms with E-state index >= 15 is 0 Å². The van der Waals surface area contributed by atoms with Gasteiger partial charge < -0.3 is 10.4 Å². The zero-order chi connectivity index (χ0) is 14.7.